The van der Waals surface area contributed by atoms with Crippen LogP contribution in [0, 0.1) is 17.7 Å². The minimum absolute atomic E-state index is 0.0959. The second-order valence-corrected chi connectivity index (χ2v) is 6.57. The van der Waals surface area contributed by atoms with Crippen LogP contribution in [0.25, 0.3) is 0 Å². The summed E-state index contributed by atoms with van der Waals surface area (Å²) in [5.74, 6) is 1.21. The van der Waals surface area contributed by atoms with Crippen LogP contribution in [0.15, 0.2) is 24.3 Å². The fourth-order valence-corrected chi connectivity index (χ4v) is 3.15. The molecule has 1 fully saturated rings. The Morgan fingerprint density at radius 1 is 1.29 bits per heavy atom. The van der Waals surface area contributed by atoms with Crippen LogP contribution in [0.2, 0.25) is 0 Å². The summed E-state index contributed by atoms with van der Waals surface area (Å²) in [4.78, 5) is 0. The second kappa shape index (κ2) is 7.37. The zero-order chi connectivity index (χ0) is 15.4. The zero-order valence-electron chi connectivity index (χ0n) is 13.4. The molecular formula is C18H28FNO. The Kier molecular flexibility index (Phi) is 5.77. The van der Waals surface area contributed by atoms with Gasteiger partial charge in [0.1, 0.15) is 5.82 Å². The quantitative estimate of drug-likeness (QED) is 0.870. The maximum Gasteiger partial charge on any atom is 0.123 e. The van der Waals surface area contributed by atoms with Crippen molar-refractivity contribution >= 4 is 0 Å². The lowest BCUT2D eigenvalue weighted by Crippen LogP contribution is -2.35. The summed E-state index contributed by atoms with van der Waals surface area (Å²) in [6, 6.07) is 6.56. The number of hydrogen-bond acceptors (Lipinski definition) is 2. The first-order valence-electron chi connectivity index (χ1n) is 8.17. The molecule has 0 saturated heterocycles. The van der Waals surface area contributed by atoms with Crippen molar-refractivity contribution in [2.75, 3.05) is 0 Å². The summed E-state index contributed by atoms with van der Waals surface area (Å²) in [7, 11) is 0. The maximum atomic E-state index is 13.5. The van der Waals surface area contributed by atoms with Gasteiger partial charge in [0.15, 0.2) is 0 Å². The fourth-order valence-electron chi connectivity index (χ4n) is 3.15. The molecule has 0 radical (unpaired) electrons. The van der Waals surface area contributed by atoms with Crippen molar-refractivity contribution in [2.45, 2.75) is 64.7 Å². The van der Waals surface area contributed by atoms with Gasteiger partial charge in [-0.3, -0.25) is 0 Å². The van der Waals surface area contributed by atoms with Crippen LogP contribution >= 0.6 is 0 Å². The topological polar surface area (TPSA) is 35.2 Å². The molecule has 0 heterocycles. The number of rotatable bonds is 5. The van der Waals surface area contributed by atoms with Gasteiger partial charge < -0.3 is 10.5 Å². The van der Waals surface area contributed by atoms with Crippen LogP contribution in [-0.4, -0.2) is 12.1 Å². The van der Waals surface area contributed by atoms with Crippen molar-refractivity contribution in [3.05, 3.63) is 35.6 Å². The highest BCUT2D eigenvalue weighted by Gasteiger charge is 2.29. The van der Waals surface area contributed by atoms with Crippen LogP contribution in [0.5, 0.6) is 0 Å². The van der Waals surface area contributed by atoms with E-state index >= 15 is 0 Å². The Morgan fingerprint density at radius 2 is 2.05 bits per heavy atom. The van der Waals surface area contributed by atoms with Gasteiger partial charge in [-0.05, 0) is 55.2 Å². The van der Waals surface area contributed by atoms with Crippen molar-refractivity contribution in [3.8, 4) is 0 Å². The molecule has 1 aromatic carbocycles. The third-order valence-corrected chi connectivity index (χ3v) is 4.93. The highest BCUT2D eigenvalue weighted by molar-refractivity contribution is 5.20. The molecule has 2 N–H and O–H groups in total. The highest BCUT2D eigenvalue weighted by Crippen LogP contribution is 2.34. The van der Waals surface area contributed by atoms with Crippen LogP contribution < -0.4 is 5.73 Å². The number of ether oxygens (including phenoxy) is 1. The van der Waals surface area contributed by atoms with Crippen molar-refractivity contribution in [1.29, 1.82) is 0 Å². The molecule has 5 atom stereocenters. The van der Waals surface area contributed by atoms with Gasteiger partial charge in [-0.25, -0.2) is 4.39 Å². The van der Waals surface area contributed by atoms with Crippen molar-refractivity contribution in [2.24, 2.45) is 17.6 Å². The lowest BCUT2D eigenvalue weighted by atomic mass is 9.80. The van der Waals surface area contributed by atoms with Gasteiger partial charge in [0.25, 0.3) is 0 Å². The van der Waals surface area contributed by atoms with E-state index in [0.29, 0.717) is 5.92 Å². The van der Waals surface area contributed by atoms with E-state index < -0.39 is 0 Å². The smallest absolute Gasteiger partial charge is 0.123 e. The maximum absolute atomic E-state index is 13.5. The minimum atomic E-state index is -0.227. The van der Waals surface area contributed by atoms with E-state index in [1.165, 1.54) is 12.5 Å². The Hall–Kier alpha value is -0.930. The molecule has 1 aliphatic rings. The first kappa shape index (κ1) is 16.4. The third-order valence-electron chi connectivity index (χ3n) is 4.93. The summed E-state index contributed by atoms with van der Waals surface area (Å²) in [5.41, 5.74) is 7.09. The van der Waals surface area contributed by atoms with Gasteiger partial charge >= 0.3 is 0 Å². The van der Waals surface area contributed by atoms with Crippen molar-refractivity contribution in [3.63, 3.8) is 0 Å². The highest BCUT2D eigenvalue weighted by atomic mass is 19.1. The van der Waals surface area contributed by atoms with Crippen molar-refractivity contribution < 1.29 is 9.13 Å². The number of benzene rings is 1. The van der Waals surface area contributed by atoms with E-state index in [2.05, 4.69) is 13.8 Å². The molecular weight excluding hydrogens is 265 g/mol. The molecule has 0 amide bonds. The predicted molar refractivity (Wildman–Crippen MR) is 84.5 cm³/mol. The summed E-state index contributed by atoms with van der Waals surface area (Å²) in [6.07, 6.45) is 4.19. The Bertz CT molecular complexity index is 451. The minimum Gasteiger partial charge on any atom is -0.369 e. The Morgan fingerprint density at radius 3 is 2.67 bits per heavy atom. The summed E-state index contributed by atoms with van der Waals surface area (Å²) in [5, 5.41) is 0. The summed E-state index contributed by atoms with van der Waals surface area (Å²) in [6.45, 7) is 6.64. The van der Waals surface area contributed by atoms with Gasteiger partial charge in [0.2, 0.25) is 0 Å². The molecule has 3 heteroatoms. The average Bonchev–Trinajstić information content (AvgIpc) is 2.47. The average molecular weight is 293 g/mol. The number of halogens is 1. The lowest BCUT2D eigenvalue weighted by Gasteiger charge is -2.36. The van der Waals surface area contributed by atoms with Crippen LogP contribution in [0.1, 0.15) is 58.1 Å². The standard InChI is InChI=1S/C18H28FNO/c1-4-17(20)18(14-6-5-7-15(19)11-14)21-16-9-8-12(2)13(3)10-16/h5-7,11-13,16-18H,4,8-10,20H2,1-3H3. The molecule has 118 valence electrons. The molecule has 5 unspecified atom stereocenters. The van der Waals surface area contributed by atoms with Crippen molar-refractivity contribution in [1.82, 2.24) is 0 Å². The molecule has 1 aliphatic carbocycles. The summed E-state index contributed by atoms with van der Waals surface area (Å²) < 4.78 is 19.8. The molecule has 21 heavy (non-hydrogen) atoms. The molecule has 0 aliphatic heterocycles. The van der Waals surface area contributed by atoms with Crippen LogP contribution in [0.3, 0.4) is 0 Å². The van der Waals surface area contributed by atoms with E-state index in [1.54, 1.807) is 12.1 Å². The van der Waals surface area contributed by atoms with Gasteiger partial charge in [-0.2, -0.15) is 0 Å². The first-order valence-corrected chi connectivity index (χ1v) is 8.17. The SMILES string of the molecule is CCC(N)C(OC1CCC(C)C(C)C1)c1cccc(F)c1. The van der Waals surface area contributed by atoms with Gasteiger partial charge in [-0.1, -0.05) is 32.9 Å². The zero-order valence-corrected chi connectivity index (χ0v) is 13.4. The number of nitrogens with two attached hydrogens (primary N) is 1. The number of hydrogen-bond donors (Lipinski definition) is 1. The molecule has 0 aromatic heterocycles. The molecule has 1 aromatic rings. The van der Waals surface area contributed by atoms with Crippen LogP contribution in [-0.2, 0) is 4.74 Å². The molecule has 0 spiro atoms. The van der Waals surface area contributed by atoms with E-state index in [9.17, 15) is 4.39 Å². The summed E-state index contributed by atoms with van der Waals surface area (Å²) >= 11 is 0. The van der Waals surface area contributed by atoms with E-state index in [-0.39, 0.29) is 24.1 Å². The van der Waals surface area contributed by atoms with E-state index in [1.807, 2.05) is 13.0 Å². The van der Waals surface area contributed by atoms with Gasteiger partial charge in [-0.15, -0.1) is 0 Å². The first-order chi connectivity index (χ1) is 10.0. The Balaban J connectivity index is 2.10. The predicted octanol–water partition coefficient (Wildman–Crippen LogP) is 4.45. The fraction of sp³-hybridized carbons (Fsp3) is 0.667. The molecule has 2 nitrogen and oxygen atoms in total. The normalized spacial score (nSPS) is 29.1. The van der Waals surface area contributed by atoms with E-state index in [4.69, 9.17) is 10.5 Å². The molecule has 1 saturated carbocycles. The van der Waals surface area contributed by atoms with Crippen LogP contribution in [0.4, 0.5) is 4.39 Å². The Labute approximate surface area is 127 Å². The molecule has 0 bridgehead atoms. The molecule has 2 rings (SSSR count). The third kappa shape index (κ3) is 4.27. The lowest BCUT2D eigenvalue weighted by molar-refractivity contribution is -0.0595. The monoisotopic (exact) mass is 293 g/mol. The second-order valence-electron chi connectivity index (χ2n) is 6.57. The van der Waals surface area contributed by atoms with E-state index in [0.717, 1.165) is 30.7 Å². The van der Waals surface area contributed by atoms with Gasteiger partial charge in [0, 0.05) is 6.04 Å². The van der Waals surface area contributed by atoms with Gasteiger partial charge in [0.05, 0.1) is 12.2 Å². The largest absolute Gasteiger partial charge is 0.369 e.